The fourth-order valence-electron chi connectivity index (χ4n) is 4.13. The van der Waals surface area contributed by atoms with E-state index in [0.717, 1.165) is 35.2 Å². The minimum Gasteiger partial charge on any atom is -0.444 e. The van der Waals surface area contributed by atoms with E-state index in [4.69, 9.17) is 15.7 Å². The molecule has 1 saturated heterocycles. The molecule has 29 heavy (non-hydrogen) atoms. The van der Waals surface area contributed by atoms with Crippen LogP contribution in [0, 0.1) is 10.9 Å². The Kier molecular flexibility index (Phi) is 5.40. The summed E-state index contributed by atoms with van der Waals surface area (Å²) in [6, 6.07) is 14.8. The lowest BCUT2D eigenvalue weighted by Crippen LogP contribution is -2.32. The number of fused-ring (bicyclic) bond motifs is 3. The molecule has 2 atom stereocenters. The number of rotatable bonds is 8. The molecule has 2 unspecified atom stereocenters. The average molecular weight is 391 g/mol. The lowest BCUT2D eigenvalue weighted by Gasteiger charge is -2.15. The van der Waals surface area contributed by atoms with Crippen molar-refractivity contribution in [2.75, 3.05) is 18.0 Å². The van der Waals surface area contributed by atoms with Gasteiger partial charge in [-0.05, 0) is 47.2 Å². The zero-order valence-electron chi connectivity index (χ0n) is 16.4. The van der Waals surface area contributed by atoms with Gasteiger partial charge in [-0.25, -0.2) is 10.3 Å². The summed E-state index contributed by atoms with van der Waals surface area (Å²) in [6.45, 7) is 3.31. The second kappa shape index (κ2) is 8.13. The lowest BCUT2D eigenvalue weighted by molar-refractivity contribution is 0.129. The Hall–Kier alpha value is -3.06. The first-order valence-electron chi connectivity index (χ1n) is 9.93. The average Bonchev–Trinajstić information content (AvgIpc) is 3.25. The van der Waals surface area contributed by atoms with Gasteiger partial charge in [0.15, 0.2) is 0 Å². The highest BCUT2D eigenvalue weighted by Gasteiger charge is 2.46. The molecule has 0 saturated carbocycles. The molecule has 0 aliphatic carbocycles. The molecular formula is C22H25N5O2. The predicted octanol–water partition coefficient (Wildman–Crippen LogP) is 4.15. The number of benzene rings is 2. The Morgan fingerprint density at radius 1 is 1.24 bits per heavy atom. The third kappa shape index (κ3) is 3.78. The van der Waals surface area contributed by atoms with Gasteiger partial charge in [-0.15, -0.1) is 0 Å². The van der Waals surface area contributed by atoms with E-state index in [1.54, 1.807) is 0 Å². The third-order valence-corrected chi connectivity index (χ3v) is 5.60. The van der Waals surface area contributed by atoms with Gasteiger partial charge in [0.05, 0.1) is 18.3 Å². The predicted molar refractivity (Wildman–Crippen MR) is 112 cm³/mol. The van der Waals surface area contributed by atoms with E-state index in [0.29, 0.717) is 18.8 Å². The smallest absolute Gasteiger partial charge is 0.415 e. The molecule has 2 aliphatic heterocycles. The first-order valence-corrected chi connectivity index (χ1v) is 9.93. The molecule has 1 fully saturated rings. The van der Waals surface area contributed by atoms with Crippen molar-refractivity contribution in [1.29, 1.82) is 10.9 Å². The third-order valence-electron chi connectivity index (χ3n) is 5.60. The number of carbonyl (C=O) groups excluding carboxylic acids is 1. The highest BCUT2D eigenvalue weighted by molar-refractivity contribution is 5.94. The molecule has 0 aromatic heterocycles. The summed E-state index contributed by atoms with van der Waals surface area (Å²) in [4.78, 5) is 14.0. The number of carbonyl (C=O) groups is 1. The molecule has 7 heteroatoms. The van der Waals surface area contributed by atoms with Crippen LogP contribution in [-0.4, -0.2) is 37.0 Å². The molecular weight excluding hydrogens is 366 g/mol. The summed E-state index contributed by atoms with van der Waals surface area (Å²) < 4.78 is 5.48. The highest BCUT2D eigenvalue weighted by Crippen LogP contribution is 2.41. The molecule has 0 bridgehead atoms. The SMILES string of the molecule is CCC1OC(=O)N2c3ccc(-c4ccc(CNCC(=N)CN=N)cc4)cc3CC12. The second-order valence-electron chi connectivity index (χ2n) is 7.54. The summed E-state index contributed by atoms with van der Waals surface area (Å²) in [5.74, 6) is 0. The van der Waals surface area contributed by atoms with E-state index in [-0.39, 0.29) is 24.8 Å². The zero-order chi connectivity index (χ0) is 20.4. The van der Waals surface area contributed by atoms with Gasteiger partial charge in [-0.1, -0.05) is 37.3 Å². The lowest BCUT2D eigenvalue weighted by atomic mass is 9.99. The van der Waals surface area contributed by atoms with Crippen molar-refractivity contribution in [3.05, 3.63) is 53.6 Å². The van der Waals surface area contributed by atoms with E-state index in [1.165, 1.54) is 5.56 Å². The molecule has 1 amide bonds. The Labute approximate surface area is 170 Å². The van der Waals surface area contributed by atoms with Gasteiger partial charge in [0.2, 0.25) is 0 Å². The van der Waals surface area contributed by atoms with Crippen LogP contribution in [0.3, 0.4) is 0 Å². The summed E-state index contributed by atoms with van der Waals surface area (Å²) in [5, 5.41) is 14.1. The van der Waals surface area contributed by atoms with E-state index in [2.05, 4.69) is 53.8 Å². The largest absolute Gasteiger partial charge is 0.444 e. The number of anilines is 1. The van der Waals surface area contributed by atoms with Gasteiger partial charge in [0, 0.05) is 18.8 Å². The van der Waals surface area contributed by atoms with Crippen molar-refractivity contribution >= 4 is 17.5 Å². The van der Waals surface area contributed by atoms with Gasteiger partial charge in [-0.3, -0.25) is 4.90 Å². The topological polar surface area (TPSA) is 102 Å². The van der Waals surface area contributed by atoms with Crippen LogP contribution < -0.4 is 10.2 Å². The van der Waals surface area contributed by atoms with Crippen LogP contribution in [0.25, 0.3) is 11.1 Å². The first kappa shape index (κ1) is 19.3. The molecule has 4 rings (SSSR count). The number of nitrogens with one attached hydrogen (secondary N) is 3. The van der Waals surface area contributed by atoms with E-state index < -0.39 is 0 Å². The summed E-state index contributed by atoms with van der Waals surface area (Å²) in [6.07, 6.45) is 1.42. The first-order chi connectivity index (χ1) is 14.1. The van der Waals surface area contributed by atoms with Crippen molar-refractivity contribution in [2.45, 2.75) is 38.5 Å². The van der Waals surface area contributed by atoms with Crippen LogP contribution >= 0.6 is 0 Å². The van der Waals surface area contributed by atoms with Crippen LogP contribution in [0.4, 0.5) is 10.5 Å². The molecule has 2 aliphatic rings. The maximum atomic E-state index is 12.2. The van der Waals surface area contributed by atoms with Crippen molar-refractivity contribution in [3.63, 3.8) is 0 Å². The Balaban J connectivity index is 1.44. The van der Waals surface area contributed by atoms with Crippen LogP contribution in [-0.2, 0) is 17.7 Å². The number of hydrogen-bond acceptors (Lipinski definition) is 6. The maximum Gasteiger partial charge on any atom is 0.415 e. The standard InChI is InChI=1S/C22H25N5O2/c1-2-21-20-10-17-9-16(7-8-19(17)27(20)22(28)29-21)15-5-3-14(4-6-15)11-25-12-18(23)13-26-24/h3-9,20-21,23-25H,2,10-13H2,1H3. The maximum absolute atomic E-state index is 12.2. The molecule has 2 heterocycles. The Morgan fingerprint density at radius 3 is 2.72 bits per heavy atom. The quantitative estimate of drug-likeness (QED) is 0.465. The van der Waals surface area contributed by atoms with Crippen molar-refractivity contribution in [1.82, 2.24) is 5.32 Å². The number of nitrogens with zero attached hydrogens (tertiary/aromatic N) is 2. The fourth-order valence-corrected chi connectivity index (χ4v) is 4.13. The van der Waals surface area contributed by atoms with E-state index >= 15 is 0 Å². The molecule has 150 valence electrons. The number of ether oxygens (including phenoxy) is 1. The molecule has 3 N–H and O–H groups in total. The fraction of sp³-hybridized carbons (Fsp3) is 0.364. The summed E-state index contributed by atoms with van der Waals surface area (Å²) in [7, 11) is 0. The normalized spacial score (nSPS) is 19.6. The number of hydrogen-bond donors (Lipinski definition) is 3. The minimum atomic E-state index is -0.227. The van der Waals surface area contributed by atoms with Crippen LogP contribution in [0.1, 0.15) is 24.5 Å². The van der Waals surface area contributed by atoms with Crippen LogP contribution in [0.2, 0.25) is 0 Å². The van der Waals surface area contributed by atoms with Gasteiger partial charge in [0.1, 0.15) is 6.10 Å². The summed E-state index contributed by atoms with van der Waals surface area (Å²) in [5.41, 5.74) is 12.8. The molecule has 2 aromatic rings. The summed E-state index contributed by atoms with van der Waals surface area (Å²) >= 11 is 0. The van der Waals surface area contributed by atoms with Crippen molar-refractivity contribution < 1.29 is 9.53 Å². The minimum absolute atomic E-state index is 0.0265. The molecule has 7 nitrogen and oxygen atoms in total. The molecule has 0 spiro atoms. The highest BCUT2D eigenvalue weighted by atomic mass is 16.6. The van der Waals surface area contributed by atoms with Gasteiger partial charge in [0.25, 0.3) is 0 Å². The van der Waals surface area contributed by atoms with Crippen LogP contribution in [0.15, 0.2) is 47.6 Å². The Bertz CT molecular complexity index is 941. The Morgan fingerprint density at radius 2 is 2.00 bits per heavy atom. The van der Waals surface area contributed by atoms with Gasteiger partial charge >= 0.3 is 6.09 Å². The van der Waals surface area contributed by atoms with Crippen LogP contribution in [0.5, 0.6) is 0 Å². The molecule has 2 aromatic carbocycles. The zero-order valence-corrected chi connectivity index (χ0v) is 16.4. The second-order valence-corrected chi connectivity index (χ2v) is 7.54. The van der Waals surface area contributed by atoms with Gasteiger partial charge < -0.3 is 15.5 Å². The number of amides is 1. The van der Waals surface area contributed by atoms with E-state index in [1.807, 2.05) is 11.0 Å². The monoisotopic (exact) mass is 391 g/mol. The molecule has 0 radical (unpaired) electrons. The number of cyclic esters (lactones) is 1. The van der Waals surface area contributed by atoms with E-state index in [9.17, 15) is 4.79 Å². The van der Waals surface area contributed by atoms with Crippen molar-refractivity contribution in [2.24, 2.45) is 5.11 Å². The van der Waals surface area contributed by atoms with Crippen molar-refractivity contribution in [3.8, 4) is 11.1 Å². The van der Waals surface area contributed by atoms with Gasteiger partial charge in [-0.2, -0.15) is 5.11 Å².